The summed E-state index contributed by atoms with van der Waals surface area (Å²) in [5, 5.41) is 6.06. The summed E-state index contributed by atoms with van der Waals surface area (Å²) in [5.41, 5.74) is 0.968. The van der Waals surface area contributed by atoms with Crippen molar-refractivity contribution in [1.82, 2.24) is 20.6 Å². The molecule has 6 heteroatoms. The van der Waals surface area contributed by atoms with E-state index in [9.17, 15) is 9.59 Å². The van der Waals surface area contributed by atoms with Crippen LogP contribution >= 0.6 is 0 Å². The normalized spacial score (nSPS) is 33.4. The maximum atomic E-state index is 12.3. The van der Waals surface area contributed by atoms with Crippen LogP contribution in [0.4, 0.5) is 0 Å². The van der Waals surface area contributed by atoms with Crippen molar-refractivity contribution < 1.29 is 9.59 Å². The van der Waals surface area contributed by atoms with Gasteiger partial charge in [-0.15, -0.1) is 0 Å². The number of rotatable bonds is 6. The number of aromatic nitrogens is 2. The molecular weight excluding hydrogens is 304 g/mol. The quantitative estimate of drug-likeness (QED) is 0.692. The van der Waals surface area contributed by atoms with E-state index in [0.29, 0.717) is 13.0 Å². The van der Waals surface area contributed by atoms with Crippen molar-refractivity contribution in [3.8, 4) is 0 Å². The van der Waals surface area contributed by atoms with Crippen LogP contribution in [-0.2, 0) is 16.0 Å². The molecule has 4 fully saturated rings. The lowest BCUT2D eigenvalue weighted by atomic mass is 9.53. The van der Waals surface area contributed by atoms with Crippen LogP contribution in [0.15, 0.2) is 12.5 Å². The van der Waals surface area contributed by atoms with E-state index in [1.807, 2.05) is 0 Å². The van der Waals surface area contributed by atoms with E-state index < -0.39 is 0 Å². The van der Waals surface area contributed by atoms with Gasteiger partial charge < -0.3 is 15.6 Å². The molecule has 4 aliphatic rings. The Labute approximate surface area is 142 Å². The molecule has 24 heavy (non-hydrogen) atoms. The highest BCUT2D eigenvalue weighted by Gasteiger charge is 2.51. The minimum absolute atomic E-state index is 0.0119. The van der Waals surface area contributed by atoms with Crippen molar-refractivity contribution in [3.63, 3.8) is 0 Å². The fraction of sp³-hybridized carbons (Fsp3) is 0.722. The van der Waals surface area contributed by atoms with E-state index in [0.717, 1.165) is 42.7 Å². The van der Waals surface area contributed by atoms with E-state index in [-0.39, 0.29) is 23.8 Å². The van der Waals surface area contributed by atoms with Crippen LogP contribution in [0.5, 0.6) is 0 Å². The number of aromatic amines is 1. The Morgan fingerprint density at radius 3 is 2.38 bits per heavy atom. The van der Waals surface area contributed by atoms with Gasteiger partial charge in [-0.1, -0.05) is 0 Å². The van der Waals surface area contributed by atoms with Gasteiger partial charge in [-0.2, -0.15) is 0 Å². The van der Waals surface area contributed by atoms with E-state index in [1.54, 1.807) is 12.5 Å². The van der Waals surface area contributed by atoms with E-state index in [4.69, 9.17) is 0 Å². The van der Waals surface area contributed by atoms with Gasteiger partial charge in [0.2, 0.25) is 11.8 Å². The van der Waals surface area contributed by atoms with Crippen molar-refractivity contribution >= 4 is 11.8 Å². The fourth-order valence-corrected chi connectivity index (χ4v) is 5.57. The summed E-state index contributed by atoms with van der Waals surface area (Å²) in [7, 11) is 0. The van der Waals surface area contributed by atoms with Gasteiger partial charge in [0.05, 0.1) is 6.33 Å². The average Bonchev–Trinajstić information content (AvgIpc) is 2.98. The number of hydrogen-bond donors (Lipinski definition) is 3. The Kier molecular flexibility index (Phi) is 4.06. The van der Waals surface area contributed by atoms with Gasteiger partial charge in [0, 0.05) is 30.4 Å². The molecule has 0 spiro atoms. The number of hydrogen-bond acceptors (Lipinski definition) is 3. The predicted molar refractivity (Wildman–Crippen MR) is 89.0 cm³/mol. The van der Waals surface area contributed by atoms with E-state index >= 15 is 0 Å². The average molecular weight is 330 g/mol. The molecule has 0 aromatic carbocycles. The smallest absolute Gasteiger partial charge is 0.229 e. The molecule has 2 amide bonds. The van der Waals surface area contributed by atoms with Gasteiger partial charge in [0.25, 0.3) is 0 Å². The molecule has 0 unspecified atom stereocenters. The van der Waals surface area contributed by atoms with Gasteiger partial charge in [0.15, 0.2) is 0 Å². The summed E-state index contributed by atoms with van der Waals surface area (Å²) in [6, 6.07) is 0. The van der Waals surface area contributed by atoms with Gasteiger partial charge in [-0.25, -0.2) is 4.98 Å². The highest BCUT2D eigenvalue weighted by Crippen LogP contribution is 2.55. The van der Waals surface area contributed by atoms with Gasteiger partial charge in [-0.3, -0.25) is 9.59 Å². The summed E-state index contributed by atoms with van der Waals surface area (Å²) < 4.78 is 0. The number of H-pyrrole nitrogens is 1. The summed E-state index contributed by atoms with van der Waals surface area (Å²) in [4.78, 5) is 31.2. The predicted octanol–water partition coefficient (Wildman–Crippen LogP) is 1.54. The van der Waals surface area contributed by atoms with Crippen molar-refractivity contribution in [2.24, 2.45) is 17.8 Å². The monoisotopic (exact) mass is 330 g/mol. The molecule has 0 radical (unpaired) electrons. The summed E-state index contributed by atoms with van der Waals surface area (Å²) in [5.74, 6) is 2.06. The lowest BCUT2D eigenvalue weighted by Crippen LogP contribution is -2.60. The molecular formula is C18H26N4O2. The topological polar surface area (TPSA) is 86.9 Å². The molecule has 0 aliphatic heterocycles. The number of imidazole rings is 1. The number of nitrogens with one attached hydrogen (secondary N) is 3. The lowest BCUT2D eigenvalue weighted by Gasteiger charge is -2.56. The molecule has 0 saturated heterocycles. The summed E-state index contributed by atoms with van der Waals surface area (Å²) in [6.07, 6.45) is 11.4. The summed E-state index contributed by atoms with van der Waals surface area (Å²) >= 11 is 0. The van der Waals surface area contributed by atoms with Crippen LogP contribution in [0.2, 0.25) is 0 Å². The minimum Gasteiger partial charge on any atom is -0.355 e. The SMILES string of the molecule is O=C(CC(=O)NC12CC3CC(CC(C3)C1)C2)NCCc1cnc[nH]1. The highest BCUT2D eigenvalue weighted by atomic mass is 16.2. The molecule has 1 aromatic rings. The second-order valence-electron chi connectivity index (χ2n) is 8.10. The van der Waals surface area contributed by atoms with Gasteiger partial charge >= 0.3 is 0 Å². The first-order chi connectivity index (χ1) is 11.6. The second-order valence-corrected chi connectivity index (χ2v) is 8.10. The van der Waals surface area contributed by atoms with Gasteiger partial charge in [0.1, 0.15) is 6.42 Å². The first-order valence-electron chi connectivity index (χ1n) is 9.15. The molecule has 130 valence electrons. The Balaban J connectivity index is 1.24. The number of carbonyl (C=O) groups excluding carboxylic acids is 2. The van der Waals surface area contributed by atoms with Crippen molar-refractivity contribution in [2.45, 2.75) is 56.9 Å². The zero-order chi connectivity index (χ0) is 16.6. The molecule has 4 bridgehead atoms. The third kappa shape index (κ3) is 3.32. The van der Waals surface area contributed by atoms with Crippen LogP contribution in [0, 0.1) is 17.8 Å². The van der Waals surface area contributed by atoms with Crippen LogP contribution in [-0.4, -0.2) is 33.9 Å². The molecule has 5 rings (SSSR count). The third-order valence-electron chi connectivity index (χ3n) is 6.04. The van der Waals surface area contributed by atoms with Gasteiger partial charge in [-0.05, 0) is 56.3 Å². The zero-order valence-electron chi connectivity index (χ0n) is 14.0. The highest BCUT2D eigenvalue weighted by molar-refractivity contribution is 5.97. The largest absolute Gasteiger partial charge is 0.355 e. The van der Waals surface area contributed by atoms with Crippen LogP contribution in [0.3, 0.4) is 0 Å². The van der Waals surface area contributed by atoms with Crippen LogP contribution in [0.25, 0.3) is 0 Å². The molecule has 4 saturated carbocycles. The Morgan fingerprint density at radius 2 is 1.79 bits per heavy atom. The Morgan fingerprint density at radius 1 is 1.12 bits per heavy atom. The first-order valence-corrected chi connectivity index (χ1v) is 9.15. The third-order valence-corrected chi connectivity index (χ3v) is 6.04. The fourth-order valence-electron chi connectivity index (χ4n) is 5.57. The standard InChI is InChI=1S/C18H26N4O2/c23-16(20-2-1-15-10-19-11-21-15)6-17(24)22-18-7-12-3-13(8-18)5-14(4-12)9-18/h10-14H,1-9H2,(H,19,21)(H,20,23)(H,22,24). The zero-order valence-corrected chi connectivity index (χ0v) is 14.0. The Bertz CT molecular complexity index is 575. The minimum atomic E-state index is -0.197. The maximum Gasteiger partial charge on any atom is 0.229 e. The van der Waals surface area contributed by atoms with Crippen LogP contribution in [0.1, 0.15) is 50.6 Å². The Hall–Kier alpha value is -1.85. The van der Waals surface area contributed by atoms with E-state index in [1.165, 1.54) is 19.3 Å². The van der Waals surface area contributed by atoms with Crippen molar-refractivity contribution in [3.05, 3.63) is 18.2 Å². The molecule has 0 atom stereocenters. The maximum absolute atomic E-state index is 12.3. The van der Waals surface area contributed by atoms with Crippen molar-refractivity contribution in [1.29, 1.82) is 0 Å². The molecule has 1 heterocycles. The van der Waals surface area contributed by atoms with Crippen molar-refractivity contribution in [2.75, 3.05) is 6.54 Å². The van der Waals surface area contributed by atoms with E-state index in [2.05, 4.69) is 20.6 Å². The number of nitrogens with zero attached hydrogens (tertiary/aromatic N) is 1. The second kappa shape index (κ2) is 6.22. The number of carbonyl (C=O) groups is 2. The molecule has 6 nitrogen and oxygen atoms in total. The number of amides is 2. The molecule has 3 N–H and O–H groups in total. The molecule has 1 aromatic heterocycles. The molecule has 4 aliphatic carbocycles. The lowest BCUT2D eigenvalue weighted by molar-refractivity contribution is -0.132. The first kappa shape index (κ1) is 15.7. The summed E-state index contributed by atoms with van der Waals surface area (Å²) in [6.45, 7) is 0.520. The van der Waals surface area contributed by atoms with Crippen LogP contribution < -0.4 is 10.6 Å².